The summed E-state index contributed by atoms with van der Waals surface area (Å²) in [6, 6.07) is 2.37. The lowest BCUT2D eigenvalue weighted by Crippen LogP contribution is -1.92. The standard InChI is InChI=1S/C10H4F3NO3/c11-5-1-4(2-6(12)9(5)13)7-3-8(10(15)16)17-14-7/h1-3H,(H,15,16). The second-order valence-corrected chi connectivity index (χ2v) is 3.14. The van der Waals surface area contributed by atoms with E-state index in [4.69, 9.17) is 5.11 Å². The molecule has 0 radical (unpaired) electrons. The quantitative estimate of drug-likeness (QED) is 0.823. The summed E-state index contributed by atoms with van der Waals surface area (Å²) in [7, 11) is 0. The maximum absolute atomic E-state index is 12.9. The smallest absolute Gasteiger partial charge is 0.374 e. The van der Waals surface area contributed by atoms with E-state index in [2.05, 4.69) is 9.68 Å². The van der Waals surface area contributed by atoms with Crippen LogP contribution >= 0.6 is 0 Å². The topological polar surface area (TPSA) is 63.3 Å². The van der Waals surface area contributed by atoms with E-state index in [0.29, 0.717) is 12.1 Å². The van der Waals surface area contributed by atoms with Crippen LogP contribution in [0.25, 0.3) is 11.3 Å². The number of hydrogen-bond donors (Lipinski definition) is 1. The van der Waals surface area contributed by atoms with Crippen molar-refractivity contribution in [1.29, 1.82) is 0 Å². The van der Waals surface area contributed by atoms with Gasteiger partial charge in [0.05, 0.1) is 0 Å². The summed E-state index contributed by atoms with van der Waals surface area (Å²) in [5.41, 5.74) is -0.210. The second kappa shape index (κ2) is 3.93. The Kier molecular flexibility index (Phi) is 2.58. The monoisotopic (exact) mass is 243 g/mol. The molecule has 0 aliphatic rings. The zero-order valence-electron chi connectivity index (χ0n) is 8.08. The van der Waals surface area contributed by atoms with Crippen LogP contribution in [0.2, 0.25) is 0 Å². The van der Waals surface area contributed by atoms with Crippen LogP contribution in [-0.4, -0.2) is 16.2 Å². The minimum atomic E-state index is -1.60. The average molecular weight is 243 g/mol. The van der Waals surface area contributed by atoms with Crippen LogP contribution in [0, 0.1) is 17.5 Å². The normalized spacial score (nSPS) is 10.5. The number of carbonyl (C=O) groups is 1. The Morgan fingerprint density at radius 3 is 2.24 bits per heavy atom. The second-order valence-electron chi connectivity index (χ2n) is 3.14. The van der Waals surface area contributed by atoms with Crippen LogP contribution in [0.3, 0.4) is 0 Å². The molecule has 0 atom stereocenters. The molecule has 88 valence electrons. The van der Waals surface area contributed by atoms with Crippen molar-refractivity contribution >= 4 is 5.97 Å². The van der Waals surface area contributed by atoms with Gasteiger partial charge in [0.1, 0.15) is 5.69 Å². The third-order valence-corrected chi connectivity index (χ3v) is 2.00. The SMILES string of the molecule is O=C(O)c1cc(-c2cc(F)c(F)c(F)c2)no1. The summed E-state index contributed by atoms with van der Waals surface area (Å²) >= 11 is 0. The van der Waals surface area contributed by atoms with E-state index >= 15 is 0 Å². The molecule has 0 bridgehead atoms. The molecule has 1 heterocycles. The predicted molar refractivity (Wildman–Crippen MR) is 48.8 cm³/mol. The molecule has 0 saturated heterocycles. The Bertz CT molecular complexity index is 571. The molecule has 0 aliphatic carbocycles. The van der Waals surface area contributed by atoms with Gasteiger partial charge in [-0.1, -0.05) is 5.16 Å². The van der Waals surface area contributed by atoms with Gasteiger partial charge in [-0.25, -0.2) is 18.0 Å². The lowest BCUT2D eigenvalue weighted by atomic mass is 10.1. The first-order valence-electron chi connectivity index (χ1n) is 4.34. The minimum absolute atomic E-state index is 0.0970. The number of hydrogen-bond acceptors (Lipinski definition) is 3. The molecule has 17 heavy (non-hydrogen) atoms. The fourth-order valence-electron chi connectivity index (χ4n) is 1.22. The van der Waals surface area contributed by atoms with Gasteiger partial charge in [0.2, 0.25) is 5.76 Å². The first-order chi connectivity index (χ1) is 7.99. The minimum Gasteiger partial charge on any atom is -0.475 e. The summed E-state index contributed by atoms with van der Waals surface area (Å²) < 4.78 is 42.9. The third-order valence-electron chi connectivity index (χ3n) is 2.00. The number of aromatic carboxylic acids is 1. The largest absolute Gasteiger partial charge is 0.475 e. The van der Waals surface area contributed by atoms with E-state index in [0.717, 1.165) is 6.07 Å². The highest BCUT2D eigenvalue weighted by atomic mass is 19.2. The zero-order chi connectivity index (χ0) is 12.6. The maximum atomic E-state index is 12.9. The molecule has 2 aromatic rings. The van der Waals surface area contributed by atoms with E-state index < -0.39 is 29.2 Å². The summed E-state index contributed by atoms with van der Waals surface area (Å²) in [6.45, 7) is 0. The Morgan fingerprint density at radius 1 is 1.18 bits per heavy atom. The summed E-state index contributed by atoms with van der Waals surface area (Å²) in [4.78, 5) is 10.5. The molecule has 4 nitrogen and oxygen atoms in total. The molecular weight excluding hydrogens is 239 g/mol. The van der Waals surface area contributed by atoms with E-state index in [1.807, 2.05) is 0 Å². The van der Waals surface area contributed by atoms with Crippen LogP contribution in [0.4, 0.5) is 13.2 Å². The number of aromatic nitrogens is 1. The van der Waals surface area contributed by atoms with Crippen molar-refractivity contribution in [2.75, 3.05) is 0 Å². The molecular formula is C10H4F3NO3. The maximum Gasteiger partial charge on any atom is 0.374 e. The van der Waals surface area contributed by atoms with Crippen molar-refractivity contribution in [2.45, 2.75) is 0 Å². The van der Waals surface area contributed by atoms with Crippen LogP contribution in [0.15, 0.2) is 22.7 Å². The van der Waals surface area contributed by atoms with Crippen LogP contribution in [-0.2, 0) is 0 Å². The van der Waals surface area contributed by atoms with Gasteiger partial charge in [-0.3, -0.25) is 0 Å². The highest BCUT2D eigenvalue weighted by molar-refractivity contribution is 5.85. The van der Waals surface area contributed by atoms with Gasteiger partial charge in [0.25, 0.3) is 0 Å². The van der Waals surface area contributed by atoms with Gasteiger partial charge in [-0.05, 0) is 12.1 Å². The Hall–Kier alpha value is -2.31. The highest BCUT2D eigenvalue weighted by Gasteiger charge is 2.16. The molecule has 0 fully saturated rings. The first kappa shape index (κ1) is 11.2. The van der Waals surface area contributed by atoms with Crippen LogP contribution in [0.5, 0.6) is 0 Å². The molecule has 1 aromatic heterocycles. The van der Waals surface area contributed by atoms with Crippen molar-refractivity contribution in [3.8, 4) is 11.3 Å². The van der Waals surface area contributed by atoms with Crippen molar-refractivity contribution in [3.63, 3.8) is 0 Å². The summed E-state index contributed by atoms with van der Waals surface area (Å²) in [6.07, 6.45) is 0. The Morgan fingerprint density at radius 2 is 1.76 bits per heavy atom. The summed E-state index contributed by atoms with van der Waals surface area (Å²) in [5, 5.41) is 11.9. The van der Waals surface area contributed by atoms with E-state index in [-0.39, 0.29) is 11.3 Å². The van der Waals surface area contributed by atoms with E-state index in [9.17, 15) is 18.0 Å². The molecule has 1 aromatic carbocycles. The Balaban J connectivity index is 2.49. The van der Waals surface area contributed by atoms with E-state index in [1.54, 1.807) is 0 Å². The molecule has 0 unspecified atom stereocenters. The third kappa shape index (κ3) is 1.99. The molecule has 0 aliphatic heterocycles. The molecule has 7 heteroatoms. The van der Waals surface area contributed by atoms with Crippen LogP contribution < -0.4 is 0 Å². The molecule has 0 amide bonds. The lowest BCUT2D eigenvalue weighted by molar-refractivity contribution is 0.0652. The fraction of sp³-hybridized carbons (Fsp3) is 0. The number of benzene rings is 1. The van der Waals surface area contributed by atoms with Gasteiger partial charge in [0, 0.05) is 11.6 Å². The average Bonchev–Trinajstić information content (AvgIpc) is 2.74. The lowest BCUT2D eigenvalue weighted by Gasteiger charge is -1.98. The number of nitrogens with zero attached hydrogens (tertiary/aromatic N) is 1. The summed E-state index contributed by atoms with van der Waals surface area (Å²) in [5.74, 6) is -6.23. The van der Waals surface area contributed by atoms with Crippen molar-refractivity contribution in [1.82, 2.24) is 5.16 Å². The number of carboxylic acids is 1. The first-order valence-corrected chi connectivity index (χ1v) is 4.34. The molecule has 0 spiro atoms. The highest BCUT2D eigenvalue weighted by Crippen LogP contribution is 2.23. The van der Waals surface area contributed by atoms with Gasteiger partial charge in [-0.15, -0.1) is 0 Å². The van der Waals surface area contributed by atoms with Gasteiger partial charge >= 0.3 is 5.97 Å². The van der Waals surface area contributed by atoms with E-state index in [1.165, 1.54) is 0 Å². The zero-order valence-corrected chi connectivity index (χ0v) is 8.08. The molecule has 1 N–H and O–H groups in total. The Labute approximate surface area is 92.3 Å². The van der Waals surface area contributed by atoms with Crippen LogP contribution in [0.1, 0.15) is 10.6 Å². The number of halogens is 3. The number of carboxylic acid groups (broad SMARTS) is 1. The molecule has 0 saturated carbocycles. The number of rotatable bonds is 2. The van der Waals surface area contributed by atoms with Gasteiger partial charge < -0.3 is 9.63 Å². The van der Waals surface area contributed by atoms with Crippen molar-refractivity contribution in [3.05, 3.63) is 41.4 Å². The van der Waals surface area contributed by atoms with Gasteiger partial charge in [0.15, 0.2) is 17.5 Å². The van der Waals surface area contributed by atoms with Crippen molar-refractivity contribution in [2.24, 2.45) is 0 Å². The van der Waals surface area contributed by atoms with Crippen molar-refractivity contribution < 1.29 is 27.6 Å². The van der Waals surface area contributed by atoms with Gasteiger partial charge in [-0.2, -0.15) is 0 Å². The predicted octanol–water partition coefficient (Wildman–Crippen LogP) is 2.46. The molecule has 2 rings (SSSR count). The fourth-order valence-corrected chi connectivity index (χ4v) is 1.22.